The Morgan fingerprint density at radius 2 is 1.74 bits per heavy atom. The molecule has 0 fully saturated rings. The number of rotatable bonds is 3. The molecule has 0 saturated carbocycles. The number of thiophene rings is 1. The minimum absolute atomic E-state index is 0.146. The smallest absolute Gasteiger partial charge is 0.267 e. The van der Waals surface area contributed by atoms with Crippen LogP contribution in [0.4, 0.5) is 17.1 Å². The number of nitrogen functional groups attached to an aromatic ring is 1. The van der Waals surface area contributed by atoms with Crippen LogP contribution in [0.1, 0.15) is 16.6 Å². The average molecular weight is 326 g/mol. The Hall–Kier alpha value is -2.93. The van der Waals surface area contributed by atoms with Gasteiger partial charge in [0, 0.05) is 29.9 Å². The second-order valence-corrected chi connectivity index (χ2v) is 5.91. The van der Waals surface area contributed by atoms with Crippen LogP contribution in [0.15, 0.2) is 42.6 Å². The van der Waals surface area contributed by atoms with E-state index in [0.29, 0.717) is 21.9 Å². The van der Waals surface area contributed by atoms with Crippen molar-refractivity contribution in [2.45, 2.75) is 6.92 Å². The number of hydrogen-bond acceptors (Lipinski definition) is 5. The van der Waals surface area contributed by atoms with Gasteiger partial charge in [-0.15, -0.1) is 11.3 Å². The van der Waals surface area contributed by atoms with Gasteiger partial charge in [-0.1, -0.05) is 0 Å². The predicted molar refractivity (Wildman–Crippen MR) is 92.7 cm³/mol. The normalized spacial score (nSPS) is 10.5. The first-order valence-corrected chi connectivity index (χ1v) is 7.68. The van der Waals surface area contributed by atoms with Crippen molar-refractivity contribution in [2.24, 2.45) is 0 Å². The molecule has 0 spiro atoms. The van der Waals surface area contributed by atoms with Crippen LogP contribution in [0.5, 0.6) is 0 Å². The molecule has 0 saturated heterocycles. The van der Waals surface area contributed by atoms with E-state index in [4.69, 9.17) is 5.73 Å². The van der Waals surface area contributed by atoms with E-state index in [1.165, 1.54) is 18.3 Å². The van der Waals surface area contributed by atoms with E-state index in [1.54, 1.807) is 36.5 Å². The molecule has 0 atom stereocenters. The number of carbonyl (C=O) groups excluding carboxylic acids is 2. The molecule has 4 N–H and O–H groups in total. The van der Waals surface area contributed by atoms with Gasteiger partial charge in [-0.2, -0.15) is 0 Å². The number of anilines is 3. The minimum Gasteiger partial charge on any atom is -0.397 e. The van der Waals surface area contributed by atoms with Gasteiger partial charge in [0.05, 0.1) is 5.69 Å². The van der Waals surface area contributed by atoms with E-state index >= 15 is 0 Å². The minimum atomic E-state index is -0.280. The highest BCUT2D eigenvalue weighted by atomic mass is 32.1. The molecule has 2 heterocycles. The molecule has 23 heavy (non-hydrogen) atoms. The van der Waals surface area contributed by atoms with Crippen molar-refractivity contribution in [2.75, 3.05) is 16.4 Å². The fourth-order valence-corrected chi connectivity index (χ4v) is 3.11. The highest BCUT2D eigenvalue weighted by molar-refractivity contribution is 7.21. The maximum atomic E-state index is 12.4. The highest BCUT2D eigenvalue weighted by Gasteiger charge is 2.16. The van der Waals surface area contributed by atoms with Crippen LogP contribution < -0.4 is 16.4 Å². The molecule has 3 rings (SSSR count). The summed E-state index contributed by atoms with van der Waals surface area (Å²) in [6.45, 7) is 1.44. The van der Waals surface area contributed by atoms with Crippen molar-refractivity contribution in [3.05, 3.63) is 47.5 Å². The number of nitrogens with one attached hydrogen (secondary N) is 2. The van der Waals surface area contributed by atoms with Gasteiger partial charge >= 0.3 is 0 Å². The number of benzene rings is 1. The first-order chi connectivity index (χ1) is 11.0. The van der Waals surface area contributed by atoms with E-state index in [1.807, 2.05) is 6.07 Å². The molecule has 3 aromatic rings. The van der Waals surface area contributed by atoms with E-state index in [2.05, 4.69) is 15.6 Å². The van der Waals surface area contributed by atoms with Gasteiger partial charge in [0.15, 0.2) is 0 Å². The molecular weight excluding hydrogens is 312 g/mol. The number of nitrogens with zero attached hydrogens (tertiary/aromatic N) is 1. The molecular formula is C16H14N4O2S. The van der Waals surface area contributed by atoms with Crippen LogP contribution in [-0.2, 0) is 4.79 Å². The number of nitrogens with two attached hydrogens (primary N) is 1. The fourth-order valence-electron chi connectivity index (χ4n) is 2.15. The van der Waals surface area contributed by atoms with Gasteiger partial charge in [0.1, 0.15) is 9.71 Å². The Bertz CT molecular complexity index is 887. The third-order valence-electron chi connectivity index (χ3n) is 3.17. The Balaban J connectivity index is 1.80. The van der Waals surface area contributed by atoms with Gasteiger partial charge in [-0.05, 0) is 36.4 Å². The van der Waals surface area contributed by atoms with Crippen LogP contribution in [-0.4, -0.2) is 16.8 Å². The molecule has 0 unspecified atom stereocenters. The Labute approximate surface area is 136 Å². The zero-order valence-corrected chi connectivity index (χ0v) is 13.1. The summed E-state index contributed by atoms with van der Waals surface area (Å²) >= 11 is 1.26. The van der Waals surface area contributed by atoms with E-state index in [-0.39, 0.29) is 11.8 Å². The summed E-state index contributed by atoms with van der Waals surface area (Å²) in [5.74, 6) is -0.426. The molecule has 7 heteroatoms. The van der Waals surface area contributed by atoms with Crippen LogP contribution in [0.2, 0.25) is 0 Å². The monoisotopic (exact) mass is 326 g/mol. The van der Waals surface area contributed by atoms with E-state index < -0.39 is 0 Å². The average Bonchev–Trinajstić information content (AvgIpc) is 2.86. The van der Waals surface area contributed by atoms with Crippen molar-refractivity contribution in [3.63, 3.8) is 0 Å². The summed E-state index contributed by atoms with van der Waals surface area (Å²) in [6.07, 6.45) is 1.67. The second-order valence-electron chi connectivity index (χ2n) is 4.91. The summed E-state index contributed by atoms with van der Waals surface area (Å²) in [5.41, 5.74) is 7.76. The molecule has 6 nitrogen and oxygen atoms in total. The molecule has 0 bridgehead atoms. The van der Waals surface area contributed by atoms with Gasteiger partial charge in [0.2, 0.25) is 5.91 Å². The Kier molecular flexibility index (Phi) is 3.94. The lowest BCUT2D eigenvalue weighted by Crippen LogP contribution is -2.12. The standard InChI is InChI=1S/C16H14N4O2S/c1-9(21)19-10-4-6-11(7-5-10)20-15(22)14-13(17)12-3-2-8-18-16(12)23-14/h2-8H,17H2,1H3,(H,19,21)(H,20,22). The number of amides is 2. The molecule has 0 aliphatic rings. The number of hydrogen-bond donors (Lipinski definition) is 3. The van der Waals surface area contributed by atoms with Crippen molar-refractivity contribution >= 4 is 50.4 Å². The third-order valence-corrected chi connectivity index (χ3v) is 4.30. The summed E-state index contributed by atoms with van der Waals surface area (Å²) in [5, 5.41) is 6.24. The molecule has 2 amide bonds. The molecule has 1 aromatic carbocycles. The van der Waals surface area contributed by atoms with E-state index in [9.17, 15) is 9.59 Å². The van der Waals surface area contributed by atoms with Gasteiger partial charge in [0.25, 0.3) is 5.91 Å². The summed E-state index contributed by atoms with van der Waals surface area (Å²) in [4.78, 5) is 28.8. The summed E-state index contributed by atoms with van der Waals surface area (Å²) < 4.78 is 0. The van der Waals surface area contributed by atoms with Gasteiger partial charge in [-0.25, -0.2) is 4.98 Å². The zero-order valence-electron chi connectivity index (χ0n) is 12.3. The molecule has 0 aliphatic heterocycles. The Morgan fingerprint density at radius 3 is 2.35 bits per heavy atom. The Morgan fingerprint density at radius 1 is 1.09 bits per heavy atom. The van der Waals surface area contributed by atoms with Gasteiger partial charge in [-0.3, -0.25) is 9.59 Å². The largest absolute Gasteiger partial charge is 0.397 e. The molecule has 116 valence electrons. The lowest BCUT2D eigenvalue weighted by atomic mass is 10.2. The van der Waals surface area contributed by atoms with Crippen LogP contribution >= 0.6 is 11.3 Å². The van der Waals surface area contributed by atoms with Crippen molar-refractivity contribution in [1.29, 1.82) is 0 Å². The van der Waals surface area contributed by atoms with E-state index in [0.717, 1.165) is 10.2 Å². The van der Waals surface area contributed by atoms with Crippen molar-refractivity contribution in [3.8, 4) is 0 Å². The number of fused-ring (bicyclic) bond motifs is 1. The first kappa shape index (κ1) is 15.0. The molecule has 0 radical (unpaired) electrons. The highest BCUT2D eigenvalue weighted by Crippen LogP contribution is 2.32. The van der Waals surface area contributed by atoms with Crippen molar-refractivity contribution in [1.82, 2.24) is 4.98 Å². The molecule has 2 aromatic heterocycles. The number of pyridine rings is 1. The SMILES string of the molecule is CC(=O)Nc1ccc(NC(=O)c2sc3ncccc3c2N)cc1. The van der Waals surface area contributed by atoms with Crippen LogP contribution in [0.3, 0.4) is 0 Å². The van der Waals surface area contributed by atoms with Crippen molar-refractivity contribution < 1.29 is 9.59 Å². The maximum absolute atomic E-state index is 12.4. The zero-order chi connectivity index (χ0) is 16.4. The lowest BCUT2D eigenvalue weighted by molar-refractivity contribution is -0.114. The topological polar surface area (TPSA) is 97.1 Å². The lowest BCUT2D eigenvalue weighted by Gasteiger charge is -2.06. The fraction of sp³-hybridized carbons (Fsp3) is 0.0625. The maximum Gasteiger partial charge on any atom is 0.267 e. The first-order valence-electron chi connectivity index (χ1n) is 6.86. The quantitative estimate of drug-likeness (QED) is 0.689. The summed E-state index contributed by atoms with van der Waals surface area (Å²) in [6, 6.07) is 10.5. The third kappa shape index (κ3) is 3.14. The second kappa shape index (κ2) is 6.05. The molecule has 0 aliphatic carbocycles. The van der Waals surface area contributed by atoms with Crippen LogP contribution in [0, 0.1) is 0 Å². The predicted octanol–water partition coefficient (Wildman–Crippen LogP) is 3.09. The number of aromatic nitrogens is 1. The summed E-state index contributed by atoms with van der Waals surface area (Å²) in [7, 11) is 0. The van der Waals surface area contributed by atoms with Crippen LogP contribution in [0.25, 0.3) is 10.2 Å². The number of carbonyl (C=O) groups is 2. The van der Waals surface area contributed by atoms with Gasteiger partial charge < -0.3 is 16.4 Å².